The van der Waals surface area contributed by atoms with E-state index in [-0.39, 0.29) is 11.7 Å². The summed E-state index contributed by atoms with van der Waals surface area (Å²) in [5, 5.41) is 13.4. The lowest BCUT2D eigenvalue weighted by Gasteiger charge is -2.10. The van der Waals surface area contributed by atoms with E-state index in [2.05, 4.69) is 20.7 Å². The summed E-state index contributed by atoms with van der Waals surface area (Å²) in [4.78, 5) is 12.5. The molecule has 0 aliphatic heterocycles. The monoisotopic (exact) mass is 503 g/mol. The van der Waals surface area contributed by atoms with Crippen molar-refractivity contribution in [2.45, 2.75) is 5.16 Å². The third-order valence-corrected chi connectivity index (χ3v) is 6.09. The summed E-state index contributed by atoms with van der Waals surface area (Å²) in [6.07, 6.45) is 1.51. The van der Waals surface area contributed by atoms with E-state index >= 15 is 0 Å². The highest BCUT2D eigenvalue weighted by molar-refractivity contribution is 7.99. The number of hydrogen-bond acceptors (Lipinski definition) is 8. The Hall–Kier alpha value is -4.31. The predicted molar refractivity (Wildman–Crippen MR) is 139 cm³/mol. The van der Waals surface area contributed by atoms with Gasteiger partial charge in [-0.25, -0.2) is 5.43 Å². The first-order valence-corrected chi connectivity index (χ1v) is 11.9. The fraction of sp³-hybridized carbons (Fsp3) is 0.154. The summed E-state index contributed by atoms with van der Waals surface area (Å²) in [7, 11) is 4.77. The zero-order chi connectivity index (χ0) is 25.3. The molecule has 0 radical (unpaired) electrons. The number of nitrogens with zero attached hydrogens (tertiary/aromatic N) is 4. The normalized spacial score (nSPS) is 10.9. The van der Waals surface area contributed by atoms with Crippen molar-refractivity contribution in [1.29, 1.82) is 0 Å². The molecule has 1 N–H and O–H groups in total. The van der Waals surface area contributed by atoms with Crippen molar-refractivity contribution in [3.63, 3.8) is 0 Å². The Morgan fingerprint density at radius 1 is 0.944 bits per heavy atom. The average Bonchev–Trinajstić information content (AvgIpc) is 3.36. The fourth-order valence-electron chi connectivity index (χ4n) is 3.38. The topological polar surface area (TPSA) is 99.9 Å². The van der Waals surface area contributed by atoms with E-state index in [0.717, 1.165) is 17.0 Å². The largest absolute Gasteiger partial charge is 0.497 e. The molecule has 0 unspecified atom stereocenters. The summed E-state index contributed by atoms with van der Waals surface area (Å²) in [5.74, 6) is 2.50. The summed E-state index contributed by atoms with van der Waals surface area (Å²) >= 11 is 1.27. The van der Waals surface area contributed by atoms with E-state index in [0.29, 0.717) is 28.0 Å². The van der Waals surface area contributed by atoms with Gasteiger partial charge in [-0.1, -0.05) is 30.0 Å². The van der Waals surface area contributed by atoms with Crippen molar-refractivity contribution in [2.75, 3.05) is 27.1 Å². The van der Waals surface area contributed by atoms with E-state index < -0.39 is 0 Å². The van der Waals surface area contributed by atoms with Crippen LogP contribution < -0.4 is 19.6 Å². The molecule has 0 spiro atoms. The number of carbonyl (C=O) groups excluding carboxylic acids is 1. The molecule has 0 bridgehead atoms. The number of hydrogen-bond donors (Lipinski definition) is 1. The van der Waals surface area contributed by atoms with Crippen LogP contribution in [-0.4, -0.2) is 54.0 Å². The number of nitrogens with one attached hydrogen (secondary N) is 1. The van der Waals surface area contributed by atoms with E-state index in [1.165, 1.54) is 18.0 Å². The Morgan fingerprint density at radius 3 is 2.36 bits per heavy atom. The molecule has 1 heterocycles. The SMILES string of the molecule is COc1ccc(-c2nnc(SCC(=O)N/N=C/c3cc(OC)ccc3OC)n2-c2ccccc2)cc1. The molecule has 0 saturated carbocycles. The molecule has 4 rings (SSSR count). The van der Waals surface area contributed by atoms with Crippen LogP contribution in [0.3, 0.4) is 0 Å². The summed E-state index contributed by atoms with van der Waals surface area (Å²) in [6.45, 7) is 0. The smallest absolute Gasteiger partial charge is 0.250 e. The van der Waals surface area contributed by atoms with Crippen LogP contribution in [0, 0.1) is 0 Å². The van der Waals surface area contributed by atoms with Crippen molar-refractivity contribution < 1.29 is 19.0 Å². The number of rotatable bonds is 10. The number of hydrazone groups is 1. The second-order valence-electron chi connectivity index (χ2n) is 7.40. The maximum absolute atomic E-state index is 12.5. The van der Waals surface area contributed by atoms with Gasteiger partial charge in [-0.15, -0.1) is 10.2 Å². The first-order chi connectivity index (χ1) is 17.6. The molecule has 0 atom stereocenters. The van der Waals surface area contributed by atoms with Gasteiger partial charge < -0.3 is 14.2 Å². The molecule has 0 fully saturated rings. The molecule has 36 heavy (non-hydrogen) atoms. The molecule has 10 heteroatoms. The number of thioether (sulfide) groups is 1. The summed E-state index contributed by atoms with van der Waals surface area (Å²) in [6, 6.07) is 22.7. The number of aromatic nitrogens is 3. The van der Waals surface area contributed by atoms with Crippen molar-refractivity contribution in [3.05, 3.63) is 78.4 Å². The van der Waals surface area contributed by atoms with E-state index in [1.54, 1.807) is 39.5 Å². The Bertz CT molecular complexity index is 1340. The van der Waals surface area contributed by atoms with Crippen LogP contribution in [0.4, 0.5) is 0 Å². The maximum atomic E-state index is 12.5. The lowest BCUT2D eigenvalue weighted by Crippen LogP contribution is -2.20. The minimum atomic E-state index is -0.285. The molecule has 1 amide bonds. The highest BCUT2D eigenvalue weighted by Gasteiger charge is 2.17. The molecule has 0 aliphatic rings. The quantitative estimate of drug-likeness (QED) is 0.197. The molecule has 9 nitrogen and oxygen atoms in total. The number of benzene rings is 3. The van der Waals surface area contributed by atoms with Crippen LogP contribution in [0.25, 0.3) is 17.1 Å². The van der Waals surface area contributed by atoms with Gasteiger partial charge in [0.25, 0.3) is 5.91 Å². The van der Waals surface area contributed by atoms with Gasteiger partial charge in [0.1, 0.15) is 17.2 Å². The van der Waals surface area contributed by atoms with E-state index in [9.17, 15) is 4.79 Å². The Labute approximate surface area is 213 Å². The number of amides is 1. The number of carbonyl (C=O) groups is 1. The van der Waals surface area contributed by atoms with Gasteiger partial charge in [-0.2, -0.15) is 5.10 Å². The second-order valence-corrected chi connectivity index (χ2v) is 8.34. The van der Waals surface area contributed by atoms with E-state index in [1.807, 2.05) is 59.2 Å². The molecule has 0 saturated heterocycles. The molecular weight excluding hydrogens is 478 g/mol. The van der Waals surface area contributed by atoms with Gasteiger partial charge >= 0.3 is 0 Å². The Morgan fingerprint density at radius 2 is 1.67 bits per heavy atom. The van der Waals surface area contributed by atoms with Crippen molar-refractivity contribution in [1.82, 2.24) is 20.2 Å². The van der Waals surface area contributed by atoms with Gasteiger partial charge in [-0.05, 0) is 54.6 Å². The number of ether oxygens (including phenoxy) is 3. The molecule has 3 aromatic carbocycles. The lowest BCUT2D eigenvalue weighted by molar-refractivity contribution is -0.118. The first-order valence-electron chi connectivity index (χ1n) is 10.9. The Kier molecular flexibility index (Phi) is 8.20. The molecule has 4 aromatic rings. The number of methoxy groups -OCH3 is 3. The highest BCUT2D eigenvalue weighted by atomic mass is 32.2. The predicted octanol–water partition coefficient (Wildman–Crippen LogP) is 4.20. The standard InChI is InChI=1S/C26H25N5O4S/c1-33-21-11-9-18(10-12-21)25-29-30-26(31(25)20-7-5-4-6-8-20)36-17-24(32)28-27-16-19-15-22(34-2)13-14-23(19)35-3/h4-16H,17H2,1-3H3,(H,28,32)/b27-16+. The van der Waals surface area contributed by atoms with Crippen LogP contribution in [0.15, 0.2) is 83.1 Å². The minimum absolute atomic E-state index is 0.0974. The van der Waals surface area contributed by atoms with Crippen molar-refractivity contribution in [3.8, 4) is 34.3 Å². The van der Waals surface area contributed by atoms with Crippen LogP contribution in [0.5, 0.6) is 17.2 Å². The lowest BCUT2D eigenvalue weighted by atomic mass is 10.2. The van der Waals surface area contributed by atoms with E-state index in [4.69, 9.17) is 14.2 Å². The fourth-order valence-corrected chi connectivity index (χ4v) is 4.12. The molecule has 0 aliphatic carbocycles. The zero-order valence-corrected chi connectivity index (χ0v) is 20.9. The zero-order valence-electron chi connectivity index (χ0n) is 20.0. The summed E-state index contributed by atoms with van der Waals surface area (Å²) < 4.78 is 17.7. The van der Waals surface area contributed by atoms with Gasteiger partial charge in [0.05, 0.1) is 33.3 Å². The third kappa shape index (κ3) is 5.84. The highest BCUT2D eigenvalue weighted by Crippen LogP contribution is 2.29. The molecule has 1 aromatic heterocycles. The second kappa shape index (κ2) is 11.9. The number of para-hydroxylation sites is 1. The van der Waals surface area contributed by atoms with Gasteiger partial charge in [0.15, 0.2) is 11.0 Å². The first kappa shape index (κ1) is 24.8. The van der Waals surface area contributed by atoms with Crippen LogP contribution in [-0.2, 0) is 4.79 Å². The third-order valence-electron chi connectivity index (χ3n) is 5.16. The van der Waals surface area contributed by atoms with Gasteiger partial charge in [0.2, 0.25) is 0 Å². The molecular formula is C26H25N5O4S. The van der Waals surface area contributed by atoms with Crippen LogP contribution >= 0.6 is 11.8 Å². The average molecular weight is 504 g/mol. The Balaban J connectivity index is 1.49. The summed E-state index contributed by atoms with van der Waals surface area (Å²) in [5.41, 5.74) is 4.98. The van der Waals surface area contributed by atoms with Crippen molar-refractivity contribution >= 4 is 23.9 Å². The van der Waals surface area contributed by atoms with Crippen LogP contribution in [0.2, 0.25) is 0 Å². The maximum Gasteiger partial charge on any atom is 0.250 e. The van der Waals surface area contributed by atoms with Crippen molar-refractivity contribution in [2.24, 2.45) is 5.10 Å². The molecule has 184 valence electrons. The van der Waals surface area contributed by atoms with Gasteiger partial charge in [-0.3, -0.25) is 9.36 Å². The van der Waals surface area contributed by atoms with Gasteiger partial charge in [0, 0.05) is 16.8 Å². The van der Waals surface area contributed by atoms with Crippen LogP contribution in [0.1, 0.15) is 5.56 Å². The minimum Gasteiger partial charge on any atom is -0.497 e.